The van der Waals surface area contributed by atoms with Crippen LogP contribution in [0.5, 0.6) is 5.75 Å². The van der Waals surface area contributed by atoms with Crippen LogP contribution in [0.2, 0.25) is 0 Å². The predicted molar refractivity (Wildman–Crippen MR) is 92.9 cm³/mol. The number of nitrogens with zero attached hydrogens (tertiary/aromatic N) is 2. The van der Waals surface area contributed by atoms with Gasteiger partial charge in [-0.2, -0.15) is 0 Å². The molecule has 0 amide bonds. The molecular weight excluding hydrogens is 294 g/mol. The van der Waals surface area contributed by atoms with Crippen molar-refractivity contribution in [3.05, 3.63) is 59.3 Å². The van der Waals surface area contributed by atoms with Gasteiger partial charge in [0.1, 0.15) is 16.6 Å². The lowest BCUT2D eigenvalue weighted by molar-refractivity contribution is 0.415. The first kappa shape index (κ1) is 14.3. The van der Waals surface area contributed by atoms with Gasteiger partial charge < -0.3 is 10.5 Å². The number of benzene rings is 1. The fraction of sp³-hybridized carbons (Fsp3) is 0.0588. The van der Waals surface area contributed by atoms with Gasteiger partial charge in [-0.1, -0.05) is 18.2 Å². The summed E-state index contributed by atoms with van der Waals surface area (Å²) < 4.78 is 6.34. The van der Waals surface area contributed by atoms with Crippen LogP contribution in [0, 0.1) is 0 Å². The zero-order chi connectivity index (χ0) is 15.4. The van der Waals surface area contributed by atoms with Crippen LogP contribution in [0.1, 0.15) is 10.6 Å². The second-order valence-corrected chi connectivity index (χ2v) is 5.68. The molecule has 22 heavy (non-hydrogen) atoms. The lowest BCUT2D eigenvalue weighted by Crippen LogP contribution is -1.87. The van der Waals surface area contributed by atoms with E-state index in [-0.39, 0.29) is 0 Å². The predicted octanol–water partition coefficient (Wildman–Crippen LogP) is 4.01. The summed E-state index contributed by atoms with van der Waals surface area (Å²) in [4.78, 5) is 8.60. The Morgan fingerprint density at radius 3 is 2.77 bits per heavy atom. The molecule has 0 fully saturated rings. The summed E-state index contributed by atoms with van der Waals surface area (Å²) in [6.07, 6.45) is 9.62. The van der Waals surface area contributed by atoms with Crippen LogP contribution < -0.4 is 10.5 Å². The van der Waals surface area contributed by atoms with Gasteiger partial charge in [-0.3, -0.25) is 0 Å². The summed E-state index contributed by atoms with van der Waals surface area (Å²) in [5, 5.41) is 0.961. The Morgan fingerprint density at radius 1 is 1.14 bits per heavy atom. The molecule has 2 N–H and O–H groups in total. The van der Waals surface area contributed by atoms with Gasteiger partial charge >= 0.3 is 0 Å². The van der Waals surface area contributed by atoms with Crippen LogP contribution in [0.15, 0.2) is 48.7 Å². The first-order chi connectivity index (χ1) is 10.7. The maximum Gasteiger partial charge on any atom is 0.123 e. The minimum absolute atomic E-state index is 0.526. The number of nitrogen functional groups attached to an aromatic ring is 1. The second-order valence-electron chi connectivity index (χ2n) is 4.62. The van der Waals surface area contributed by atoms with Crippen LogP contribution >= 0.6 is 11.3 Å². The first-order valence-corrected chi connectivity index (χ1v) is 7.57. The molecule has 3 rings (SSSR count). The van der Waals surface area contributed by atoms with Crippen molar-refractivity contribution in [3.63, 3.8) is 0 Å². The van der Waals surface area contributed by atoms with E-state index in [1.54, 1.807) is 30.7 Å². The molecule has 0 radical (unpaired) electrons. The molecular formula is C17H15N3OS. The van der Waals surface area contributed by atoms with Crippen molar-refractivity contribution >= 4 is 39.5 Å². The van der Waals surface area contributed by atoms with Crippen LogP contribution in [0.3, 0.4) is 0 Å². The number of nitrogens with two attached hydrogens (primary N) is 1. The fourth-order valence-electron chi connectivity index (χ4n) is 1.94. The number of pyridine rings is 1. The van der Waals surface area contributed by atoms with Crippen LogP contribution in [-0.4, -0.2) is 17.1 Å². The highest BCUT2D eigenvalue weighted by Gasteiger charge is 2.02. The summed E-state index contributed by atoms with van der Waals surface area (Å²) in [6, 6.07) is 9.60. The molecule has 2 aromatic heterocycles. The average Bonchev–Trinajstić information content (AvgIpc) is 2.95. The minimum Gasteiger partial charge on any atom is -0.497 e. The van der Waals surface area contributed by atoms with E-state index in [1.807, 2.05) is 48.6 Å². The van der Waals surface area contributed by atoms with Gasteiger partial charge in [0, 0.05) is 6.20 Å². The summed E-state index contributed by atoms with van der Waals surface area (Å²) in [6.45, 7) is 0. The third-order valence-electron chi connectivity index (χ3n) is 3.06. The number of fused-ring (bicyclic) bond motifs is 1. The van der Waals surface area contributed by atoms with Crippen molar-refractivity contribution in [2.24, 2.45) is 0 Å². The van der Waals surface area contributed by atoms with Crippen molar-refractivity contribution in [2.75, 3.05) is 12.8 Å². The largest absolute Gasteiger partial charge is 0.497 e. The zero-order valence-electron chi connectivity index (χ0n) is 12.1. The number of allylic oxidation sites excluding steroid dienone is 2. The van der Waals surface area contributed by atoms with E-state index in [2.05, 4.69) is 9.97 Å². The van der Waals surface area contributed by atoms with Gasteiger partial charge in [0.25, 0.3) is 0 Å². The maximum atomic E-state index is 5.55. The Morgan fingerprint density at radius 2 is 2.00 bits per heavy atom. The molecule has 0 bridgehead atoms. The van der Waals surface area contributed by atoms with E-state index < -0.39 is 0 Å². The molecule has 5 heteroatoms. The van der Waals surface area contributed by atoms with Crippen LogP contribution in [0.4, 0.5) is 5.82 Å². The highest BCUT2D eigenvalue weighted by Crippen LogP contribution is 2.26. The molecule has 4 nitrogen and oxygen atoms in total. The minimum atomic E-state index is 0.526. The van der Waals surface area contributed by atoms with Crippen molar-refractivity contribution in [2.45, 2.75) is 0 Å². The Hall–Kier alpha value is -2.66. The summed E-state index contributed by atoms with van der Waals surface area (Å²) in [7, 11) is 1.67. The smallest absolute Gasteiger partial charge is 0.123 e. The van der Waals surface area contributed by atoms with Crippen LogP contribution in [0.25, 0.3) is 22.4 Å². The van der Waals surface area contributed by atoms with Crippen molar-refractivity contribution < 1.29 is 4.74 Å². The number of rotatable bonds is 4. The Labute approximate surface area is 132 Å². The van der Waals surface area contributed by atoms with E-state index in [0.717, 1.165) is 26.5 Å². The summed E-state index contributed by atoms with van der Waals surface area (Å²) >= 11 is 1.63. The highest BCUT2D eigenvalue weighted by molar-refractivity contribution is 7.19. The quantitative estimate of drug-likeness (QED) is 0.740. The number of methoxy groups -OCH3 is 1. The monoisotopic (exact) mass is 309 g/mol. The van der Waals surface area contributed by atoms with Gasteiger partial charge in [-0.15, -0.1) is 11.3 Å². The topological polar surface area (TPSA) is 61.0 Å². The number of anilines is 1. The number of aromatic nitrogens is 2. The van der Waals surface area contributed by atoms with Gasteiger partial charge in [0.15, 0.2) is 0 Å². The molecule has 3 aromatic rings. The van der Waals surface area contributed by atoms with Gasteiger partial charge in [-0.25, -0.2) is 9.97 Å². The van der Waals surface area contributed by atoms with E-state index in [4.69, 9.17) is 10.5 Å². The molecule has 0 aliphatic carbocycles. The number of thiazole rings is 1. The molecule has 0 saturated heterocycles. The van der Waals surface area contributed by atoms with Gasteiger partial charge in [0.2, 0.25) is 0 Å². The van der Waals surface area contributed by atoms with E-state index in [9.17, 15) is 0 Å². The Bertz CT molecular complexity index is 835. The molecule has 110 valence electrons. The Kier molecular flexibility index (Phi) is 4.16. The first-order valence-electron chi connectivity index (χ1n) is 6.75. The van der Waals surface area contributed by atoms with Crippen molar-refractivity contribution in [1.29, 1.82) is 0 Å². The molecule has 1 aromatic carbocycles. The molecule has 0 atom stereocenters. The zero-order valence-corrected chi connectivity index (χ0v) is 12.9. The third kappa shape index (κ3) is 3.32. The summed E-state index contributed by atoms with van der Waals surface area (Å²) in [5.74, 6) is 1.38. The van der Waals surface area contributed by atoms with Crippen molar-refractivity contribution in [1.82, 2.24) is 9.97 Å². The van der Waals surface area contributed by atoms with E-state index >= 15 is 0 Å². The van der Waals surface area contributed by atoms with E-state index in [0.29, 0.717) is 5.82 Å². The van der Waals surface area contributed by atoms with Gasteiger partial charge in [0.05, 0.1) is 17.3 Å². The normalized spacial score (nSPS) is 11.7. The highest BCUT2D eigenvalue weighted by atomic mass is 32.1. The number of ether oxygens (including phenoxy) is 1. The summed E-state index contributed by atoms with van der Waals surface area (Å²) in [5.41, 5.74) is 7.54. The Balaban J connectivity index is 1.73. The number of hydrogen-bond acceptors (Lipinski definition) is 5. The average molecular weight is 309 g/mol. The molecule has 0 saturated carbocycles. The second kappa shape index (κ2) is 6.41. The molecule has 0 aliphatic rings. The fourth-order valence-corrected chi connectivity index (χ4v) is 2.85. The van der Waals surface area contributed by atoms with Crippen molar-refractivity contribution in [3.8, 4) is 5.75 Å². The molecule has 0 aliphatic heterocycles. The maximum absolute atomic E-state index is 5.55. The lowest BCUT2D eigenvalue weighted by atomic mass is 10.2. The third-order valence-corrected chi connectivity index (χ3v) is 4.04. The molecule has 0 spiro atoms. The number of hydrogen-bond donors (Lipinski definition) is 1. The lowest BCUT2D eigenvalue weighted by Gasteiger charge is -1.96. The SMILES string of the molecule is COc1ccc2nc(C=CC=Cc3ccc(N)nc3)sc2c1. The molecule has 2 heterocycles. The molecule has 0 unspecified atom stereocenters. The van der Waals surface area contributed by atoms with Gasteiger partial charge in [-0.05, 0) is 42.0 Å². The van der Waals surface area contributed by atoms with Crippen LogP contribution in [-0.2, 0) is 0 Å². The standard InChI is InChI=1S/C17H15N3OS/c1-21-13-7-8-14-15(10-13)22-17(20-14)5-3-2-4-12-6-9-16(18)19-11-12/h2-11H,1H3,(H2,18,19). The van der Waals surface area contributed by atoms with E-state index in [1.165, 1.54) is 0 Å².